The molecule has 0 spiro atoms. The molecule has 0 N–H and O–H groups in total. The molecule has 0 aliphatic carbocycles. The van der Waals surface area contributed by atoms with Crippen molar-refractivity contribution in [1.82, 2.24) is 0 Å². The minimum Gasteiger partial charge on any atom is -0.310 e. The Morgan fingerprint density at radius 3 is 1.70 bits per heavy atom. The lowest BCUT2D eigenvalue weighted by Crippen LogP contribution is -2.09. The number of benzene rings is 4. The summed E-state index contributed by atoms with van der Waals surface area (Å²) in [7, 11) is 0. The predicted molar refractivity (Wildman–Crippen MR) is 117 cm³/mol. The number of hydrogen-bond acceptors (Lipinski definition) is 1. The van der Waals surface area contributed by atoms with Crippen LogP contribution in [0.25, 0.3) is 11.1 Å². The van der Waals surface area contributed by atoms with Gasteiger partial charge in [0, 0.05) is 22.6 Å². The summed E-state index contributed by atoms with van der Waals surface area (Å²) >= 11 is 12.7. The molecule has 0 bridgehead atoms. The standard InChI is InChI=1S/C24H17Cl2N/c25-23-16-8-15-22(24(23)26)18-9-7-14-21(17-18)27(19-10-3-1-4-11-19)20-12-5-2-6-13-20/h1-17H. The molecule has 3 heteroatoms. The van der Waals surface area contributed by atoms with Gasteiger partial charge in [0.05, 0.1) is 10.0 Å². The van der Waals surface area contributed by atoms with E-state index in [0.29, 0.717) is 10.0 Å². The van der Waals surface area contributed by atoms with Crippen LogP contribution in [0.15, 0.2) is 103 Å². The molecule has 4 aromatic rings. The highest BCUT2D eigenvalue weighted by Crippen LogP contribution is 2.38. The number of halogens is 2. The van der Waals surface area contributed by atoms with Crippen LogP contribution in [-0.2, 0) is 0 Å². The molecule has 0 amide bonds. The molecule has 0 fully saturated rings. The SMILES string of the molecule is Clc1cccc(-c2cccc(N(c3ccccc3)c3ccccc3)c2)c1Cl. The molecule has 0 heterocycles. The highest BCUT2D eigenvalue weighted by atomic mass is 35.5. The largest absolute Gasteiger partial charge is 0.310 e. The molecule has 0 aromatic heterocycles. The van der Waals surface area contributed by atoms with E-state index in [2.05, 4.69) is 47.4 Å². The third-order valence-corrected chi connectivity index (χ3v) is 5.21. The number of rotatable bonds is 4. The van der Waals surface area contributed by atoms with Crippen molar-refractivity contribution in [3.8, 4) is 11.1 Å². The zero-order valence-electron chi connectivity index (χ0n) is 14.5. The third kappa shape index (κ3) is 3.71. The van der Waals surface area contributed by atoms with Gasteiger partial charge in [-0.15, -0.1) is 0 Å². The average Bonchev–Trinajstić information content (AvgIpc) is 2.72. The first-order chi connectivity index (χ1) is 13.2. The first kappa shape index (κ1) is 17.7. The van der Waals surface area contributed by atoms with Gasteiger partial charge in [-0.05, 0) is 48.0 Å². The Balaban J connectivity index is 1.86. The van der Waals surface area contributed by atoms with Gasteiger partial charge in [0.2, 0.25) is 0 Å². The first-order valence-electron chi connectivity index (χ1n) is 8.69. The first-order valence-corrected chi connectivity index (χ1v) is 9.44. The lowest BCUT2D eigenvalue weighted by molar-refractivity contribution is 1.28. The van der Waals surface area contributed by atoms with E-state index in [1.54, 1.807) is 6.07 Å². The Bertz CT molecular complexity index is 1010. The molecule has 1 nitrogen and oxygen atoms in total. The molecule has 0 saturated carbocycles. The molecule has 0 atom stereocenters. The number of anilines is 3. The molecule has 0 aliphatic heterocycles. The van der Waals surface area contributed by atoms with Crippen molar-refractivity contribution in [2.24, 2.45) is 0 Å². The van der Waals surface area contributed by atoms with Crippen LogP contribution < -0.4 is 4.90 Å². The maximum absolute atomic E-state index is 6.45. The van der Waals surface area contributed by atoms with E-state index >= 15 is 0 Å². The molecule has 0 unspecified atom stereocenters. The summed E-state index contributed by atoms with van der Waals surface area (Å²) in [5.41, 5.74) is 5.20. The van der Waals surface area contributed by atoms with Crippen molar-refractivity contribution < 1.29 is 0 Å². The van der Waals surface area contributed by atoms with Gasteiger partial charge in [-0.25, -0.2) is 0 Å². The van der Waals surface area contributed by atoms with Gasteiger partial charge in [-0.3, -0.25) is 0 Å². The second-order valence-corrected chi connectivity index (χ2v) is 6.94. The molecule has 0 aliphatic rings. The fourth-order valence-corrected chi connectivity index (χ4v) is 3.55. The van der Waals surface area contributed by atoms with E-state index in [0.717, 1.165) is 28.2 Å². The second-order valence-electron chi connectivity index (χ2n) is 6.16. The Morgan fingerprint density at radius 1 is 0.519 bits per heavy atom. The normalized spacial score (nSPS) is 10.6. The topological polar surface area (TPSA) is 3.24 Å². The van der Waals surface area contributed by atoms with Crippen LogP contribution in [0.2, 0.25) is 10.0 Å². The fraction of sp³-hybridized carbons (Fsp3) is 0. The number of nitrogens with zero attached hydrogens (tertiary/aromatic N) is 1. The van der Waals surface area contributed by atoms with Crippen molar-refractivity contribution >= 4 is 40.3 Å². The summed E-state index contributed by atoms with van der Waals surface area (Å²) < 4.78 is 0. The summed E-state index contributed by atoms with van der Waals surface area (Å²) in [6.07, 6.45) is 0. The van der Waals surface area contributed by atoms with Crippen molar-refractivity contribution in [3.05, 3.63) is 113 Å². The zero-order chi connectivity index (χ0) is 18.6. The molecule has 0 radical (unpaired) electrons. The Hall–Kier alpha value is -2.74. The molecule has 4 aromatic carbocycles. The summed E-state index contributed by atoms with van der Waals surface area (Å²) in [6.45, 7) is 0. The Morgan fingerprint density at radius 2 is 1.07 bits per heavy atom. The van der Waals surface area contributed by atoms with Crippen LogP contribution >= 0.6 is 23.2 Å². The van der Waals surface area contributed by atoms with Gasteiger partial charge < -0.3 is 4.90 Å². The maximum Gasteiger partial charge on any atom is 0.0670 e. The molecule has 4 rings (SSSR count). The van der Waals surface area contributed by atoms with Crippen LogP contribution in [0.3, 0.4) is 0 Å². The van der Waals surface area contributed by atoms with Crippen LogP contribution in [0.5, 0.6) is 0 Å². The van der Waals surface area contributed by atoms with Crippen molar-refractivity contribution in [2.75, 3.05) is 4.90 Å². The van der Waals surface area contributed by atoms with Crippen molar-refractivity contribution in [2.45, 2.75) is 0 Å². The minimum absolute atomic E-state index is 0.558. The highest BCUT2D eigenvalue weighted by Gasteiger charge is 2.14. The van der Waals surface area contributed by atoms with E-state index in [9.17, 15) is 0 Å². The predicted octanol–water partition coefficient (Wildman–Crippen LogP) is 8.13. The molecule has 0 saturated heterocycles. The van der Waals surface area contributed by atoms with Crippen molar-refractivity contribution in [1.29, 1.82) is 0 Å². The van der Waals surface area contributed by atoms with Crippen LogP contribution in [0.4, 0.5) is 17.1 Å². The minimum atomic E-state index is 0.558. The Kier molecular flexibility index (Phi) is 5.15. The van der Waals surface area contributed by atoms with E-state index in [4.69, 9.17) is 23.2 Å². The maximum atomic E-state index is 6.45. The zero-order valence-corrected chi connectivity index (χ0v) is 16.0. The van der Waals surface area contributed by atoms with E-state index in [1.165, 1.54) is 0 Å². The Labute approximate surface area is 169 Å². The van der Waals surface area contributed by atoms with Crippen molar-refractivity contribution in [3.63, 3.8) is 0 Å². The van der Waals surface area contributed by atoms with Gasteiger partial charge in [0.1, 0.15) is 0 Å². The highest BCUT2D eigenvalue weighted by molar-refractivity contribution is 6.43. The summed E-state index contributed by atoms with van der Waals surface area (Å²) in [6, 6.07) is 34.7. The third-order valence-electron chi connectivity index (χ3n) is 4.40. The van der Waals surface area contributed by atoms with Gasteiger partial charge in [-0.1, -0.05) is 83.9 Å². The van der Waals surface area contributed by atoms with E-state index < -0.39 is 0 Å². The lowest BCUT2D eigenvalue weighted by Gasteiger charge is -2.26. The van der Waals surface area contributed by atoms with Crippen LogP contribution in [0.1, 0.15) is 0 Å². The summed E-state index contributed by atoms with van der Waals surface area (Å²) in [5, 5.41) is 1.13. The molecule has 132 valence electrons. The van der Waals surface area contributed by atoms with Crippen LogP contribution in [-0.4, -0.2) is 0 Å². The molecule has 27 heavy (non-hydrogen) atoms. The smallest absolute Gasteiger partial charge is 0.0670 e. The monoisotopic (exact) mass is 389 g/mol. The second kappa shape index (κ2) is 7.87. The molecular formula is C24H17Cl2N. The van der Waals surface area contributed by atoms with E-state index in [-0.39, 0.29) is 0 Å². The number of para-hydroxylation sites is 2. The van der Waals surface area contributed by atoms with Crippen LogP contribution in [0, 0.1) is 0 Å². The van der Waals surface area contributed by atoms with Gasteiger partial charge in [0.15, 0.2) is 0 Å². The van der Waals surface area contributed by atoms with Gasteiger partial charge in [-0.2, -0.15) is 0 Å². The van der Waals surface area contributed by atoms with E-state index in [1.807, 2.05) is 54.6 Å². The van der Waals surface area contributed by atoms with Gasteiger partial charge in [0.25, 0.3) is 0 Å². The quantitative estimate of drug-likeness (QED) is 0.340. The summed E-state index contributed by atoms with van der Waals surface area (Å²) in [5.74, 6) is 0. The fourth-order valence-electron chi connectivity index (χ4n) is 3.14. The lowest BCUT2D eigenvalue weighted by atomic mass is 10.0. The average molecular weight is 390 g/mol. The summed E-state index contributed by atoms with van der Waals surface area (Å²) in [4.78, 5) is 2.22. The number of hydrogen-bond donors (Lipinski definition) is 0. The van der Waals surface area contributed by atoms with Gasteiger partial charge >= 0.3 is 0 Å². The molecular weight excluding hydrogens is 373 g/mol.